The fraction of sp³-hybridized carbons (Fsp3) is 0.235. The molecular formula is C17H20N2O4S. The maximum atomic E-state index is 12.1. The fourth-order valence-electron chi connectivity index (χ4n) is 1.94. The van der Waals surface area contributed by atoms with Gasteiger partial charge in [0.2, 0.25) is 0 Å². The van der Waals surface area contributed by atoms with Crippen molar-refractivity contribution in [2.75, 3.05) is 7.11 Å². The van der Waals surface area contributed by atoms with Crippen LogP contribution >= 0.6 is 0 Å². The number of rotatable bonds is 7. The number of nitrogens with one attached hydrogen (secondary N) is 1. The van der Waals surface area contributed by atoms with Gasteiger partial charge in [0.05, 0.1) is 24.3 Å². The van der Waals surface area contributed by atoms with Crippen LogP contribution in [0.5, 0.6) is 11.5 Å². The molecule has 2 aromatic carbocycles. The summed E-state index contributed by atoms with van der Waals surface area (Å²) in [6, 6.07) is 13.3. The van der Waals surface area contributed by atoms with Gasteiger partial charge in [-0.25, -0.2) is 4.83 Å². The van der Waals surface area contributed by atoms with Crippen molar-refractivity contribution in [3.63, 3.8) is 0 Å². The first-order valence-electron chi connectivity index (χ1n) is 7.37. The van der Waals surface area contributed by atoms with Crippen LogP contribution in [0.25, 0.3) is 0 Å². The Bertz CT molecular complexity index is 803. The second kappa shape index (κ2) is 7.83. The average molecular weight is 348 g/mol. The Labute approximate surface area is 142 Å². The second-order valence-corrected chi connectivity index (χ2v) is 6.90. The predicted octanol–water partition coefficient (Wildman–Crippen LogP) is 2.79. The summed E-state index contributed by atoms with van der Waals surface area (Å²) >= 11 is 0. The summed E-state index contributed by atoms with van der Waals surface area (Å²) in [5, 5.41) is 3.81. The molecule has 0 saturated heterocycles. The number of methoxy groups -OCH3 is 1. The molecule has 2 rings (SSSR count). The van der Waals surface area contributed by atoms with Crippen molar-refractivity contribution in [3.05, 3.63) is 54.1 Å². The van der Waals surface area contributed by atoms with E-state index in [2.05, 4.69) is 9.93 Å². The largest absolute Gasteiger partial charge is 0.493 e. The number of hydrogen-bond acceptors (Lipinski definition) is 5. The van der Waals surface area contributed by atoms with Gasteiger partial charge in [0.25, 0.3) is 10.0 Å². The Morgan fingerprint density at radius 2 is 1.79 bits per heavy atom. The van der Waals surface area contributed by atoms with Crippen LogP contribution in [0.4, 0.5) is 0 Å². The molecular weight excluding hydrogens is 328 g/mol. The van der Waals surface area contributed by atoms with Gasteiger partial charge < -0.3 is 9.47 Å². The minimum absolute atomic E-state index is 0.0114. The molecule has 7 heteroatoms. The lowest BCUT2D eigenvalue weighted by atomic mass is 10.2. The first-order chi connectivity index (χ1) is 11.4. The number of nitrogens with zero attached hydrogens (tertiary/aromatic N) is 1. The number of ether oxygens (including phenoxy) is 2. The Hall–Kier alpha value is -2.54. The quantitative estimate of drug-likeness (QED) is 0.616. The van der Waals surface area contributed by atoms with Crippen molar-refractivity contribution in [2.45, 2.75) is 24.8 Å². The van der Waals surface area contributed by atoms with E-state index >= 15 is 0 Å². The van der Waals surface area contributed by atoms with Gasteiger partial charge in [0.1, 0.15) is 0 Å². The lowest BCUT2D eigenvalue weighted by Gasteiger charge is -2.13. The summed E-state index contributed by atoms with van der Waals surface area (Å²) in [6.45, 7) is 3.82. The summed E-state index contributed by atoms with van der Waals surface area (Å²) in [4.78, 5) is 2.34. The number of hydrazone groups is 1. The monoisotopic (exact) mass is 348 g/mol. The van der Waals surface area contributed by atoms with E-state index in [1.807, 2.05) is 13.8 Å². The summed E-state index contributed by atoms with van der Waals surface area (Å²) in [6.07, 6.45) is 1.40. The van der Waals surface area contributed by atoms with Crippen molar-refractivity contribution in [3.8, 4) is 11.5 Å². The molecule has 0 saturated carbocycles. The summed E-state index contributed by atoms with van der Waals surface area (Å²) in [5.74, 6) is 1.17. The molecule has 0 radical (unpaired) electrons. The number of benzene rings is 2. The zero-order chi connectivity index (χ0) is 17.6. The highest BCUT2D eigenvalue weighted by Gasteiger charge is 2.11. The van der Waals surface area contributed by atoms with E-state index < -0.39 is 10.0 Å². The van der Waals surface area contributed by atoms with Crippen LogP contribution < -0.4 is 14.3 Å². The third-order valence-electron chi connectivity index (χ3n) is 2.99. The highest BCUT2D eigenvalue weighted by molar-refractivity contribution is 7.89. The minimum Gasteiger partial charge on any atom is -0.493 e. The van der Waals surface area contributed by atoms with E-state index in [0.717, 1.165) is 0 Å². The van der Waals surface area contributed by atoms with Crippen LogP contribution in [0.1, 0.15) is 19.4 Å². The highest BCUT2D eigenvalue weighted by atomic mass is 32.2. The van der Waals surface area contributed by atoms with E-state index in [1.54, 1.807) is 43.5 Å². The normalized spacial score (nSPS) is 11.7. The third-order valence-corrected chi connectivity index (χ3v) is 4.23. The van der Waals surface area contributed by atoms with Gasteiger partial charge >= 0.3 is 0 Å². The van der Waals surface area contributed by atoms with Crippen molar-refractivity contribution in [2.24, 2.45) is 5.10 Å². The minimum atomic E-state index is -3.68. The second-order valence-electron chi connectivity index (χ2n) is 5.24. The first kappa shape index (κ1) is 17.8. The van der Waals surface area contributed by atoms with E-state index in [9.17, 15) is 8.42 Å². The van der Waals surface area contributed by atoms with Crippen LogP contribution in [0.15, 0.2) is 58.5 Å². The van der Waals surface area contributed by atoms with Gasteiger partial charge in [-0.3, -0.25) is 0 Å². The first-order valence-corrected chi connectivity index (χ1v) is 8.85. The molecule has 0 amide bonds. The zero-order valence-electron chi connectivity index (χ0n) is 13.8. The lowest BCUT2D eigenvalue weighted by molar-refractivity contribution is 0.230. The molecule has 1 N–H and O–H groups in total. The topological polar surface area (TPSA) is 77.0 Å². The van der Waals surface area contributed by atoms with Crippen LogP contribution in [0.3, 0.4) is 0 Å². The molecule has 0 aromatic heterocycles. The maximum absolute atomic E-state index is 12.1. The van der Waals surface area contributed by atoms with Gasteiger partial charge in [-0.05, 0) is 49.7 Å². The van der Waals surface area contributed by atoms with E-state index in [4.69, 9.17) is 9.47 Å². The molecule has 0 aliphatic heterocycles. The third kappa shape index (κ3) is 4.73. The van der Waals surface area contributed by atoms with E-state index in [0.29, 0.717) is 17.1 Å². The van der Waals surface area contributed by atoms with E-state index in [1.165, 1.54) is 18.3 Å². The van der Waals surface area contributed by atoms with Crippen molar-refractivity contribution >= 4 is 16.2 Å². The van der Waals surface area contributed by atoms with Crippen LogP contribution in [0.2, 0.25) is 0 Å². The van der Waals surface area contributed by atoms with Gasteiger partial charge in [-0.2, -0.15) is 13.5 Å². The van der Waals surface area contributed by atoms with Gasteiger partial charge in [0.15, 0.2) is 11.5 Å². The number of hydrogen-bond donors (Lipinski definition) is 1. The molecule has 24 heavy (non-hydrogen) atoms. The molecule has 0 aliphatic rings. The molecule has 0 fully saturated rings. The lowest BCUT2D eigenvalue weighted by Crippen LogP contribution is -2.18. The Morgan fingerprint density at radius 1 is 1.08 bits per heavy atom. The Morgan fingerprint density at radius 3 is 2.42 bits per heavy atom. The molecule has 2 aromatic rings. The van der Waals surface area contributed by atoms with Crippen LogP contribution in [-0.4, -0.2) is 27.8 Å². The predicted molar refractivity (Wildman–Crippen MR) is 93.1 cm³/mol. The molecule has 0 atom stereocenters. The number of sulfonamides is 1. The van der Waals surface area contributed by atoms with E-state index in [-0.39, 0.29) is 11.0 Å². The highest BCUT2D eigenvalue weighted by Crippen LogP contribution is 2.28. The van der Waals surface area contributed by atoms with Crippen molar-refractivity contribution < 1.29 is 17.9 Å². The molecule has 128 valence electrons. The van der Waals surface area contributed by atoms with Gasteiger partial charge in [-0.1, -0.05) is 18.2 Å². The molecule has 0 spiro atoms. The SMILES string of the molecule is COc1ccc(/C=N/NS(=O)(=O)c2ccccc2)cc1OC(C)C. The van der Waals surface area contributed by atoms with Gasteiger partial charge in [-0.15, -0.1) is 0 Å². The standard InChI is InChI=1S/C17H20N2O4S/c1-13(2)23-17-11-14(9-10-16(17)22-3)12-18-19-24(20,21)15-7-5-4-6-8-15/h4-13,19H,1-3H3/b18-12+. The summed E-state index contributed by atoms with van der Waals surface area (Å²) in [7, 11) is -2.12. The molecule has 0 aliphatic carbocycles. The van der Waals surface area contributed by atoms with Crippen LogP contribution in [-0.2, 0) is 10.0 Å². The van der Waals surface area contributed by atoms with Crippen molar-refractivity contribution in [1.82, 2.24) is 4.83 Å². The molecule has 0 heterocycles. The maximum Gasteiger partial charge on any atom is 0.276 e. The fourth-order valence-corrected chi connectivity index (χ4v) is 2.75. The summed E-state index contributed by atoms with van der Waals surface area (Å²) < 4.78 is 35.0. The smallest absolute Gasteiger partial charge is 0.276 e. The molecule has 0 unspecified atom stereocenters. The Kier molecular flexibility index (Phi) is 5.81. The zero-order valence-corrected chi connectivity index (χ0v) is 14.6. The average Bonchev–Trinajstić information content (AvgIpc) is 2.55. The summed E-state index contributed by atoms with van der Waals surface area (Å²) in [5.41, 5.74) is 0.683. The van der Waals surface area contributed by atoms with Crippen LogP contribution in [0, 0.1) is 0 Å². The Balaban J connectivity index is 2.14. The molecule has 6 nitrogen and oxygen atoms in total. The van der Waals surface area contributed by atoms with Crippen molar-refractivity contribution in [1.29, 1.82) is 0 Å². The molecule has 0 bridgehead atoms. The van der Waals surface area contributed by atoms with Gasteiger partial charge in [0, 0.05) is 0 Å².